The molecule has 0 aliphatic heterocycles. The lowest BCUT2D eigenvalue weighted by Crippen LogP contribution is -2.45. The van der Waals surface area contributed by atoms with Gasteiger partial charge in [0, 0.05) is 5.41 Å². The molecule has 6 nitrogen and oxygen atoms in total. The molecule has 0 atom stereocenters. The summed E-state index contributed by atoms with van der Waals surface area (Å²) in [5.74, 6) is -0.112. The maximum absolute atomic E-state index is 11.8. The Labute approximate surface area is 119 Å². The number of rotatable bonds is 5. The van der Waals surface area contributed by atoms with E-state index in [2.05, 4.69) is 22.4 Å². The Balaban J connectivity index is 2.48. The Bertz CT molecular complexity index is 473. The molecule has 0 unspecified atom stereocenters. The fraction of sp³-hybridized carbons (Fsp3) is 0.857. The minimum absolute atomic E-state index is 0.104. The third-order valence-electron chi connectivity index (χ3n) is 4.94. The van der Waals surface area contributed by atoms with E-state index >= 15 is 0 Å². The summed E-state index contributed by atoms with van der Waals surface area (Å²) in [7, 11) is 0. The maximum atomic E-state index is 11.8. The fourth-order valence-electron chi connectivity index (χ4n) is 3.35. The number of aliphatic carboxylic acids is 1. The number of nitrogens with zero attached hydrogens (tertiary/aromatic N) is 4. The molecule has 0 saturated heterocycles. The first kappa shape index (κ1) is 14.9. The van der Waals surface area contributed by atoms with Crippen molar-refractivity contribution in [1.82, 2.24) is 20.2 Å². The highest BCUT2D eigenvalue weighted by molar-refractivity contribution is 5.76. The second-order valence-electron chi connectivity index (χ2n) is 6.08. The van der Waals surface area contributed by atoms with Crippen LogP contribution in [0.25, 0.3) is 0 Å². The number of tetrazole rings is 1. The predicted octanol–water partition coefficient (Wildman–Crippen LogP) is 2.49. The van der Waals surface area contributed by atoms with Gasteiger partial charge in [0.15, 0.2) is 11.4 Å². The van der Waals surface area contributed by atoms with Crippen LogP contribution in [0.4, 0.5) is 0 Å². The Morgan fingerprint density at radius 2 is 1.90 bits per heavy atom. The molecule has 6 heteroatoms. The van der Waals surface area contributed by atoms with E-state index in [4.69, 9.17) is 0 Å². The lowest BCUT2D eigenvalue weighted by Gasteiger charge is -2.36. The second-order valence-corrected chi connectivity index (χ2v) is 6.08. The van der Waals surface area contributed by atoms with Gasteiger partial charge in [-0.25, -0.2) is 9.48 Å². The van der Waals surface area contributed by atoms with Crippen LogP contribution in [0.2, 0.25) is 0 Å². The van der Waals surface area contributed by atoms with Crippen molar-refractivity contribution in [2.75, 3.05) is 0 Å². The molecule has 1 heterocycles. The molecule has 1 aromatic heterocycles. The quantitative estimate of drug-likeness (QED) is 0.896. The minimum Gasteiger partial charge on any atom is -0.479 e. The summed E-state index contributed by atoms with van der Waals surface area (Å²) in [4.78, 5) is 11.8. The van der Waals surface area contributed by atoms with Crippen molar-refractivity contribution in [1.29, 1.82) is 0 Å². The summed E-state index contributed by atoms with van der Waals surface area (Å²) in [6.45, 7) is 5.92. The SMILES string of the molecule is CCC(CC)(C(=O)O)n1nnnc1C1(C)CCCCC1. The summed E-state index contributed by atoms with van der Waals surface area (Å²) in [5, 5.41) is 21.7. The van der Waals surface area contributed by atoms with Crippen LogP contribution in [0.1, 0.15) is 71.5 Å². The topological polar surface area (TPSA) is 80.9 Å². The number of carbonyl (C=O) groups is 1. The predicted molar refractivity (Wildman–Crippen MR) is 74.4 cm³/mol. The number of hydrogen-bond donors (Lipinski definition) is 1. The Hall–Kier alpha value is -1.46. The van der Waals surface area contributed by atoms with Gasteiger partial charge in [0.2, 0.25) is 0 Å². The highest BCUT2D eigenvalue weighted by Crippen LogP contribution is 2.40. The average molecular weight is 280 g/mol. The molecule has 2 rings (SSSR count). The number of aromatic nitrogens is 4. The van der Waals surface area contributed by atoms with Gasteiger partial charge in [0.05, 0.1) is 0 Å². The average Bonchev–Trinajstić information content (AvgIpc) is 2.92. The molecule has 1 aliphatic carbocycles. The zero-order valence-electron chi connectivity index (χ0n) is 12.6. The normalized spacial score (nSPS) is 18.9. The summed E-state index contributed by atoms with van der Waals surface area (Å²) < 4.78 is 1.58. The highest BCUT2D eigenvalue weighted by atomic mass is 16.4. The minimum atomic E-state index is -1.03. The lowest BCUT2D eigenvalue weighted by atomic mass is 9.74. The van der Waals surface area contributed by atoms with Crippen molar-refractivity contribution in [2.24, 2.45) is 0 Å². The van der Waals surface area contributed by atoms with Crippen molar-refractivity contribution < 1.29 is 9.90 Å². The van der Waals surface area contributed by atoms with Gasteiger partial charge < -0.3 is 5.11 Å². The van der Waals surface area contributed by atoms with E-state index in [0.29, 0.717) is 12.8 Å². The summed E-state index contributed by atoms with van der Waals surface area (Å²) in [5.41, 5.74) is -1.13. The molecule has 0 bridgehead atoms. The van der Waals surface area contributed by atoms with E-state index in [-0.39, 0.29) is 5.41 Å². The maximum Gasteiger partial charge on any atom is 0.331 e. The van der Waals surface area contributed by atoms with Gasteiger partial charge >= 0.3 is 5.97 Å². The summed E-state index contributed by atoms with van der Waals surface area (Å²) >= 11 is 0. The van der Waals surface area contributed by atoms with Gasteiger partial charge in [-0.05, 0) is 36.1 Å². The van der Waals surface area contributed by atoms with E-state index in [1.165, 1.54) is 6.42 Å². The standard InChI is InChI=1S/C14H24N4O2/c1-4-14(5-2,12(19)20)18-11(15-16-17-18)13(3)9-7-6-8-10-13/h4-10H2,1-3H3,(H,19,20). The molecule has 1 aliphatic rings. The molecule has 1 saturated carbocycles. The molecule has 112 valence electrons. The molecule has 1 fully saturated rings. The molecule has 20 heavy (non-hydrogen) atoms. The monoisotopic (exact) mass is 280 g/mol. The molecular weight excluding hydrogens is 256 g/mol. The van der Waals surface area contributed by atoms with Crippen LogP contribution in [0.5, 0.6) is 0 Å². The first-order valence-corrected chi connectivity index (χ1v) is 7.53. The Morgan fingerprint density at radius 1 is 1.30 bits per heavy atom. The largest absolute Gasteiger partial charge is 0.479 e. The number of carboxylic acid groups (broad SMARTS) is 1. The zero-order chi connectivity index (χ0) is 14.8. The van der Waals surface area contributed by atoms with E-state index < -0.39 is 11.5 Å². The first-order valence-electron chi connectivity index (χ1n) is 7.53. The molecular formula is C14H24N4O2. The van der Waals surface area contributed by atoms with Crippen molar-refractivity contribution in [3.63, 3.8) is 0 Å². The van der Waals surface area contributed by atoms with Crippen LogP contribution in [0.15, 0.2) is 0 Å². The Morgan fingerprint density at radius 3 is 2.40 bits per heavy atom. The van der Waals surface area contributed by atoms with Crippen molar-refractivity contribution >= 4 is 5.97 Å². The Kier molecular flexibility index (Phi) is 4.11. The van der Waals surface area contributed by atoms with Crippen molar-refractivity contribution in [3.05, 3.63) is 5.82 Å². The lowest BCUT2D eigenvalue weighted by molar-refractivity contribution is -0.149. The van der Waals surface area contributed by atoms with Crippen LogP contribution >= 0.6 is 0 Å². The first-order chi connectivity index (χ1) is 9.50. The van der Waals surface area contributed by atoms with Gasteiger partial charge in [0.1, 0.15) is 0 Å². The fourth-order valence-corrected chi connectivity index (χ4v) is 3.35. The number of carboxylic acids is 1. The van der Waals surface area contributed by atoms with Crippen molar-refractivity contribution in [2.45, 2.75) is 76.7 Å². The van der Waals surface area contributed by atoms with Gasteiger partial charge in [-0.1, -0.05) is 40.0 Å². The van der Waals surface area contributed by atoms with E-state index in [1.54, 1.807) is 4.68 Å². The van der Waals surface area contributed by atoms with Crippen LogP contribution < -0.4 is 0 Å². The molecule has 0 aromatic carbocycles. The third-order valence-corrected chi connectivity index (χ3v) is 4.94. The van der Waals surface area contributed by atoms with Crippen LogP contribution in [0, 0.1) is 0 Å². The molecule has 1 aromatic rings. The highest BCUT2D eigenvalue weighted by Gasteiger charge is 2.44. The van der Waals surface area contributed by atoms with E-state index in [9.17, 15) is 9.90 Å². The van der Waals surface area contributed by atoms with Gasteiger partial charge in [-0.2, -0.15) is 0 Å². The number of hydrogen-bond acceptors (Lipinski definition) is 4. The van der Waals surface area contributed by atoms with Crippen LogP contribution in [0.3, 0.4) is 0 Å². The van der Waals surface area contributed by atoms with Crippen molar-refractivity contribution in [3.8, 4) is 0 Å². The van der Waals surface area contributed by atoms with Gasteiger partial charge in [-0.3, -0.25) is 0 Å². The van der Waals surface area contributed by atoms with Gasteiger partial charge in [0.25, 0.3) is 0 Å². The molecule has 0 spiro atoms. The molecule has 0 amide bonds. The molecule has 0 radical (unpaired) electrons. The van der Waals surface area contributed by atoms with Crippen LogP contribution in [-0.4, -0.2) is 31.3 Å². The van der Waals surface area contributed by atoms with E-state index in [0.717, 1.165) is 31.5 Å². The second kappa shape index (κ2) is 5.50. The zero-order valence-corrected chi connectivity index (χ0v) is 12.6. The van der Waals surface area contributed by atoms with Crippen LogP contribution in [-0.2, 0) is 15.7 Å². The van der Waals surface area contributed by atoms with Gasteiger partial charge in [-0.15, -0.1) is 5.10 Å². The molecule has 1 N–H and O–H groups in total. The third kappa shape index (κ3) is 2.21. The summed E-state index contributed by atoms with van der Waals surface area (Å²) in [6.07, 6.45) is 6.55. The van der Waals surface area contributed by atoms with E-state index in [1.807, 2.05) is 13.8 Å². The smallest absolute Gasteiger partial charge is 0.331 e. The summed E-state index contributed by atoms with van der Waals surface area (Å²) in [6, 6.07) is 0.